The van der Waals surface area contributed by atoms with Gasteiger partial charge in [0.15, 0.2) is 0 Å². The number of likely N-dealkylation sites (tertiary alicyclic amines) is 1. The van der Waals surface area contributed by atoms with E-state index in [2.05, 4.69) is 13.9 Å². The third kappa shape index (κ3) is 4.20. The van der Waals surface area contributed by atoms with Crippen molar-refractivity contribution in [2.24, 2.45) is 0 Å². The zero-order valence-electron chi connectivity index (χ0n) is 7.81. The van der Waals surface area contributed by atoms with Crippen molar-refractivity contribution < 1.29 is 18.5 Å². The number of nitrogens with zero attached hydrogens (tertiary/aromatic N) is 1. The molecule has 0 aliphatic carbocycles. The molecule has 0 bridgehead atoms. The predicted octanol–water partition coefficient (Wildman–Crippen LogP) is 0.846. The van der Waals surface area contributed by atoms with Gasteiger partial charge < -0.3 is 9.79 Å². The van der Waals surface area contributed by atoms with Gasteiger partial charge in [0.25, 0.3) is 0 Å². The van der Waals surface area contributed by atoms with E-state index in [1.54, 1.807) is 0 Å². The van der Waals surface area contributed by atoms with Crippen molar-refractivity contribution >= 4 is 7.82 Å². The van der Waals surface area contributed by atoms with Crippen LogP contribution < -0.4 is 0 Å². The fraction of sp³-hybridized carbons (Fsp3) is 1.00. The van der Waals surface area contributed by atoms with Crippen molar-refractivity contribution in [1.29, 1.82) is 0 Å². The second kappa shape index (κ2) is 5.08. The van der Waals surface area contributed by atoms with E-state index in [0.29, 0.717) is 6.54 Å². The minimum Gasteiger partial charge on any atom is -0.303 e. The summed E-state index contributed by atoms with van der Waals surface area (Å²) in [6, 6.07) is 0. The molecule has 6 heteroatoms. The second-order valence-corrected chi connectivity index (χ2v) is 4.59. The van der Waals surface area contributed by atoms with Gasteiger partial charge in [-0.25, -0.2) is 4.57 Å². The largest absolute Gasteiger partial charge is 0.471 e. The van der Waals surface area contributed by atoms with E-state index in [1.165, 1.54) is 12.8 Å². The standard InChI is InChI=1S/C7H16NO4P/c1-11-13(9,10)12-7-6-8-4-2-3-5-8/h2-7H2,1H3,(H,9,10). The summed E-state index contributed by atoms with van der Waals surface area (Å²) in [4.78, 5) is 11.1. The predicted molar refractivity (Wildman–Crippen MR) is 48.5 cm³/mol. The summed E-state index contributed by atoms with van der Waals surface area (Å²) in [5.41, 5.74) is 0. The van der Waals surface area contributed by atoms with Crippen LogP contribution in [0.3, 0.4) is 0 Å². The highest BCUT2D eigenvalue weighted by molar-refractivity contribution is 7.47. The molecule has 0 radical (unpaired) electrons. The molecule has 0 aromatic heterocycles. The van der Waals surface area contributed by atoms with E-state index in [9.17, 15) is 4.57 Å². The average molecular weight is 209 g/mol. The lowest BCUT2D eigenvalue weighted by molar-refractivity contribution is 0.155. The Hall–Kier alpha value is 0.0700. The Balaban J connectivity index is 2.09. The molecule has 1 atom stereocenters. The Labute approximate surface area is 78.3 Å². The molecule has 1 saturated heterocycles. The first-order valence-electron chi connectivity index (χ1n) is 4.39. The van der Waals surface area contributed by atoms with Gasteiger partial charge in [-0.05, 0) is 25.9 Å². The minimum atomic E-state index is -3.76. The van der Waals surface area contributed by atoms with Crippen LogP contribution in [0.4, 0.5) is 0 Å². The molecular weight excluding hydrogens is 193 g/mol. The molecule has 1 aliphatic heterocycles. The molecular formula is C7H16NO4P. The van der Waals surface area contributed by atoms with Gasteiger partial charge in [0, 0.05) is 13.7 Å². The third-order valence-electron chi connectivity index (χ3n) is 2.09. The third-order valence-corrected chi connectivity index (χ3v) is 3.06. The minimum absolute atomic E-state index is 0.252. The van der Waals surface area contributed by atoms with Gasteiger partial charge in [-0.3, -0.25) is 9.05 Å². The average Bonchev–Trinajstić information content (AvgIpc) is 2.57. The number of phosphoric acid groups is 1. The normalized spacial score (nSPS) is 23.2. The van der Waals surface area contributed by atoms with Crippen LogP contribution in [-0.2, 0) is 13.6 Å². The van der Waals surface area contributed by atoms with E-state index in [4.69, 9.17) is 4.89 Å². The molecule has 1 rings (SSSR count). The topological polar surface area (TPSA) is 59.0 Å². The van der Waals surface area contributed by atoms with Gasteiger partial charge in [0.2, 0.25) is 0 Å². The van der Waals surface area contributed by atoms with Crippen LogP contribution >= 0.6 is 7.82 Å². The molecule has 13 heavy (non-hydrogen) atoms. The number of phosphoric ester groups is 1. The summed E-state index contributed by atoms with van der Waals surface area (Å²) >= 11 is 0. The molecule has 78 valence electrons. The highest BCUT2D eigenvalue weighted by atomic mass is 31.2. The fourth-order valence-corrected chi connectivity index (χ4v) is 1.76. The van der Waals surface area contributed by atoms with Gasteiger partial charge in [-0.1, -0.05) is 0 Å². The smallest absolute Gasteiger partial charge is 0.303 e. The fourth-order valence-electron chi connectivity index (χ4n) is 1.34. The monoisotopic (exact) mass is 209 g/mol. The quantitative estimate of drug-likeness (QED) is 0.680. The van der Waals surface area contributed by atoms with Crippen molar-refractivity contribution in [1.82, 2.24) is 4.90 Å². The lowest BCUT2D eigenvalue weighted by Crippen LogP contribution is -2.23. The maximum atomic E-state index is 10.8. The molecule has 0 amide bonds. The van der Waals surface area contributed by atoms with Crippen molar-refractivity contribution in [3.05, 3.63) is 0 Å². The van der Waals surface area contributed by atoms with Crippen LogP contribution in [0.1, 0.15) is 12.8 Å². The summed E-state index contributed by atoms with van der Waals surface area (Å²) < 4.78 is 19.8. The van der Waals surface area contributed by atoms with Crippen LogP contribution in [0.5, 0.6) is 0 Å². The van der Waals surface area contributed by atoms with Crippen molar-refractivity contribution in [3.63, 3.8) is 0 Å². The molecule has 1 N–H and O–H groups in total. The summed E-state index contributed by atoms with van der Waals surface area (Å²) in [6.07, 6.45) is 2.42. The Morgan fingerprint density at radius 1 is 1.46 bits per heavy atom. The Morgan fingerprint density at radius 2 is 2.08 bits per heavy atom. The molecule has 0 saturated carbocycles. The molecule has 1 heterocycles. The van der Waals surface area contributed by atoms with Crippen LogP contribution in [0.15, 0.2) is 0 Å². The van der Waals surface area contributed by atoms with Crippen LogP contribution in [0.2, 0.25) is 0 Å². The van der Waals surface area contributed by atoms with E-state index in [0.717, 1.165) is 20.2 Å². The zero-order valence-corrected chi connectivity index (χ0v) is 8.70. The number of rotatable bonds is 5. The summed E-state index contributed by atoms with van der Waals surface area (Å²) in [6.45, 7) is 3.08. The van der Waals surface area contributed by atoms with Gasteiger partial charge in [0.1, 0.15) is 0 Å². The van der Waals surface area contributed by atoms with Crippen LogP contribution in [0, 0.1) is 0 Å². The van der Waals surface area contributed by atoms with E-state index < -0.39 is 7.82 Å². The number of hydrogen-bond acceptors (Lipinski definition) is 4. The SMILES string of the molecule is COP(=O)(O)OCCN1CCCC1. The molecule has 1 fully saturated rings. The summed E-state index contributed by atoms with van der Waals surface area (Å²) in [5, 5.41) is 0. The van der Waals surface area contributed by atoms with E-state index in [1.807, 2.05) is 0 Å². The Bertz CT molecular complexity index is 193. The lowest BCUT2D eigenvalue weighted by Gasteiger charge is -2.15. The Morgan fingerprint density at radius 3 is 2.62 bits per heavy atom. The van der Waals surface area contributed by atoms with Crippen LogP contribution in [0.25, 0.3) is 0 Å². The Kier molecular flexibility index (Phi) is 4.35. The van der Waals surface area contributed by atoms with Crippen molar-refractivity contribution in [2.75, 3.05) is 33.4 Å². The first kappa shape index (κ1) is 11.1. The van der Waals surface area contributed by atoms with Crippen molar-refractivity contribution in [2.45, 2.75) is 12.8 Å². The molecule has 0 aromatic carbocycles. The van der Waals surface area contributed by atoms with E-state index >= 15 is 0 Å². The molecule has 5 nitrogen and oxygen atoms in total. The number of hydrogen-bond donors (Lipinski definition) is 1. The van der Waals surface area contributed by atoms with Gasteiger partial charge >= 0.3 is 7.82 Å². The lowest BCUT2D eigenvalue weighted by atomic mass is 10.4. The summed E-state index contributed by atoms with van der Waals surface area (Å²) in [7, 11) is -2.59. The van der Waals surface area contributed by atoms with Crippen LogP contribution in [-0.4, -0.2) is 43.1 Å². The highest BCUT2D eigenvalue weighted by Gasteiger charge is 2.19. The first-order valence-corrected chi connectivity index (χ1v) is 5.89. The summed E-state index contributed by atoms with van der Waals surface area (Å²) in [5.74, 6) is 0. The maximum absolute atomic E-state index is 10.8. The molecule has 1 unspecified atom stereocenters. The van der Waals surface area contributed by atoms with Crippen molar-refractivity contribution in [3.8, 4) is 0 Å². The van der Waals surface area contributed by atoms with Gasteiger partial charge in [-0.15, -0.1) is 0 Å². The van der Waals surface area contributed by atoms with Gasteiger partial charge in [0.05, 0.1) is 6.61 Å². The molecule has 1 aliphatic rings. The first-order chi connectivity index (χ1) is 6.14. The van der Waals surface area contributed by atoms with Gasteiger partial charge in [-0.2, -0.15) is 0 Å². The molecule has 0 aromatic rings. The molecule has 0 spiro atoms. The van der Waals surface area contributed by atoms with E-state index in [-0.39, 0.29) is 6.61 Å². The second-order valence-electron chi connectivity index (χ2n) is 3.03. The zero-order chi connectivity index (χ0) is 9.73. The maximum Gasteiger partial charge on any atom is 0.471 e. The highest BCUT2D eigenvalue weighted by Crippen LogP contribution is 2.41.